The Morgan fingerprint density at radius 2 is 1.50 bits per heavy atom. The molecule has 0 aliphatic carbocycles. The van der Waals surface area contributed by atoms with Gasteiger partial charge >= 0.3 is 15.2 Å². The Morgan fingerprint density at radius 3 is 1.71 bits per heavy atom. The van der Waals surface area contributed by atoms with Crippen LogP contribution in [0.4, 0.5) is 0 Å². The van der Waals surface area contributed by atoms with Crippen LogP contribution >= 0.6 is 15.2 Å². The first-order chi connectivity index (χ1) is 6.21. The zero-order valence-electron chi connectivity index (χ0n) is 7.24. The maximum atomic E-state index is 11.0. The van der Waals surface area contributed by atoms with Crippen LogP contribution in [-0.2, 0) is 13.9 Å². The third-order valence-electron chi connectivity index (χ3n) is 2.14. The number of rotatable bonds is 2. The van der Waals surface area contributed by atoms with E-state index in [1.54, 1.807) is 0 Å². The summed E-state index contributed by atoms with van der Waals surface area (Å²) in [6.07, 6.45) is 0.555. The third kappa shape index (κ3) is 1.95. The van der Waals surface area contributed by atoms with Crippen molar-refractivity contribution < 1.29 is 33.4 Å². The molecule has 0 aromatic heterocycles. The van der Waals surface area contributed by atoms with Gasteiger partial charge in [-0.3, -0.25) is 9.13 Å². The lowest BCUT2D eigenvalue weighted by Crippen LogP contribution is -2.35. The molecule has 7 nitrogen and oxygen atoms in total. The van der Waals surface area contributed by atoms with Crippen molar-refractivity contribution in [2.75, 3.05) is 6.61 Å². The van der Waals surface area contributed by atoms with Crippen LogP contribution in [0.1, 0.15) is 19.3 Å². The van der Waals surface area contributed by atoms with Crippen molar-refractivity contribution in [2.45, 2.75) is 24.3 Å². The summed E-state index contributed by atoms with van der Waals surface area (Å²) in [7, 11) is -9.96. The van der Waals surface area contributed by atoms with Gasteiger partial charge < -0.3 is 24.3 Å². The molecule has 4 N–H and O–H groups in total. The monoisotopic (exact) mass is 246 g/mol. The van der Waals surface area contributed by atoms with Crippen LogP contribution in [-0.4, -0.2) is 31.3 Å². The van der Waals surface area contributed by atoms with E-state index in [0.717, 1.165) is 0 Å². The van der Waals surface area contributed by atoms with Gasteiger partial charge in [0.25, 0.3) is 5.08 Å². The number of hydrogen-bond donors (Lipinski definition) is 4. The van der Waals surface area contributed by atoms with E-state index >= 15 is 0 Å². The zero-order valence-corrected chi connectivity index (χ0v) is 9.03. The molecule has 84 valence electrons. The van der Waals surface area contributed by atoms with E-state index in [4.69, 9.17) is 19.6 Å². The highest BCUT2D eigenvalue weighted by molar-refractivity contribution is 7.72. The lowest BCUT2D eigenvalue weighted by atomic mass is 10.2. The Bertz CT molecular complexity index is 271. The lowest BCUT2D eigenvalue weighted by molar-refractivity contribution is 0.00352. The van der Waals surface area contributed by atoms with Gasteiger partial charge in [0, 0.05) is 13.0 Å². The van der Waals surface area contributed by atoms with E-state index in [1.807, 2.05) is 0 Å². The fourth-order valence-electron chi connectivity index (χ4n) is 1.39. The van der Waals surface area contributed by atoms with Crippen LogP contribution in [0, 0.1) is 0 Å². The van der Waals surface area contributed by atoms with Crippen LogP contribution in [0.25, 0.3) is 0 Å². The first-order valence-corrected chi connectivity index (χ1v) is 7.18. The van der Waals surface area contributed by atoms with Crippen molar-refractivity contribution in [1.29, 1.82) is 0 Å². The Labute approximate surface area is 80.4 Å². The van der Waals surface area contributed by atoms with E-state index in [-0.39, 0.29) is 13.0 Å². The van der Waals surface area contributed by atoms with Crippen molar-refractivity contribution in [1.82, 2.24) is 0 Å². The van der Waals surface area contributed by atoms with Gasteiger partial charge in [-0.25, -0.2) is 0 Å². The van der Waals surface area contributed by atoms with Crippen molar-refractivity contribution in [2.24, 2.45) is 0 Å². The summed E-state index contributed by atoms with van der Waals surface area (Å²) in [6, 6.07) is 0. The molecule has 0 atom stereocenters. The van der Waals surface area contributed by atoms with Crippen LogP contribution in [0.3, 0.4) is 0 Å². The molecule has 14 heavy (non-hydrogen) atoms. The predicted molar refractivity (Wildman–Crippen MR) is 46.6 cm³/mol. The zero-order chi connectivity index (χ0) is 11.0. The molecule has 9 heteroatoms. The van der Waals surface area contributed by atoms with Crippen LogP contribution in [0.15, 0.2) is 0 Å². The average Bonchev–Trinajstić information content (AvgIpc) is 2.02. The van der Waals surface area contributed by atoms with E-state index in [9.17, 15) is 9.13 Å². The van der Waals surface area contributed by atoms with Gasteiger partial charge in [-0.15, -0.1) is 0 Å². The third-order valence-corrected chi connectivity index (χ3v) is 6.23. The van der Waals surface area contributed by atoms with Gasteiger partial charge in [0.1, 0.15) is 0 Å². The minimum absolute atomic E-state index is 0.0454. The van der Waals surface area contributed by atoms with Gasteiger partial charge in [-0.1, -0.05) is 0 Å². The Hall–Kier alpha value is 0.260. The smallest absolute Gasteiger partial charge is 0.352 e. The van der Waals surface area contributed by atoms with Gasteiger partial charge in [-0.05, 0) is 12.8 Å². The largest absolute Gasteiger partial charge is 0.369 e. The normalized spacial score (nSPS) is 23.4. The Kier molecular flexibility index (Phi) is 3.24. The maximum Gasteiger partial charge on any atom is 0.369 e. The topological polar surface area (TPSA) is 124 Å². The quantitative estimate of drug-likeness (QED) is 0.513. The van der Waals surface area contributed by atoms with Crippen LogP contribution in [0.2, 0.25) is 0 Å². The molecule has 1 fully saturated rings. The lowest BCUT2D eigenvalue weighted by Gasteiger charge is -2.37. The Balaban J connectivity index is 3.15. The number of ether oxygens (including phenoxy) is 1. The van der Waals surface area contributed by atoms with Crippen LogP contribution in [0.5, 0.6) is 0 Å². The molecule has 0 saturated carbocycles. The van der Waals surface area contributed by atoms with Gasteiger partial charge in [0.2, 0.25) is 0 Å². The summed E-state index contributed by atoms with van der Waals surface area (Å²) in [5, 5.41) is -2.61. The van der Waals surface area contributed by atoms with Crippen molar-refractivity contribution in [3.63, 3.8) is 0 Å². The molecule has 0 radical (unpaired) electrons. The fourth-order valence-corrected chi connectivity index (χ4v) is 4.17. The van der Waals surface area contributed by atoms with Gasteiger partial charge in [0.15, 0.2) is 0 Å². The maximum absolute atomic E-state index is 11.0. The molecule has 0 spiro atoms. The molecule has 0 aromatic carbocycles. The van der Waals surface area contributed by atoms with E-state index in [2.05, 4.69) is 4.74 Å². The molecule has 1 rings (SSSR count). The molecule has 0 amide bonds. The van der Waals surface area contributed by atoms with E-state index < -0.39 is 20.3 Å². The number of hydrogen-bond acceptors (Lipinski definition) is 3. The van der Waals surface area contributed by atoms with Crippen molar-refractivity contribution >= 4 is 15.2 Å². The first-order valence-electron chi connectivity index (χ1n) is 3.96. The van der Waals surface area contributed by atoms with E-state index in [0.29, 0.717) is 12.8 Å². The second-order valence-corrected chi connectivity index (χ2v) is 7.11. The van der Waals surface area contributed by atoms with E-state index in [1.165, 1.54) is 0 Å². The van der Waals surface area contributed by atoms with Gasteiger partial charge in [0.05, 0.1) is 0 Å². The molecule has 0 bridgehead atoms. The second kappa shape index (κ2) is 3.68. The second-order valence-electron chi connectivity index (χ2n) is 3.14. The predicted octanol–water partition coefficient (Wildman–Crippen LogP) is 0.196. The fraction of sp³-hybridized carbons (Fsp3) is 1.00. The summed E-state index contributed by atoms with van der Waals surface area (Å²) in [5.74, 6) is 0. The molecular formula is C5H12O7P2. The minimum Gasteiger partial charge on any atom is -0.352 e. The summed E-state index contributed by atoms with van der Waals surface area (Å²) >= 11 is 0. The van der Waals surface area contributed by atoms with Crippen molar-refractivity contribution in [3.8, 4) is 0 Å². The highest BCUT2D eigenvalue weighted by Gasteiger charge is 2.62. The molecule has 0 aromatic rings. The molecule has 1 aliphatic rings. The minimum atomic E-state index is -4.98. The van der Waals surface area contributed by atoms with Crippen molar-refractivity contribution in [3.05, 3.63) is 0 Å². The molecule has 1 aliphatic heterocycles. The average molecular weight is 246 g/mol. The standard InChI is InChI=1S/C5H12O7P2/c6-13(7,8)5(14(9,10)11)3-1-2-4-12-5/h1-4H2,(H2,6,7,8)(H2,9,10,11). The SMILES string of the molecule is O=P(O)(O)C1(P(=O)(O)O)CCCCO1. The summed E-state index contributed by atoms with van der Waals surface area (Å²) in [4.78, 5) is 35.7. The molecule has 1 heterocycles. The highest BCUT2D eigenvalue weighted by atomic mass is 31.2. The van der Waals surface area contributed by atoms with Gasteiger partial charge in [-0.2, -0.15) is 0 Å². The summed E-state index contributed by atoms with van der Waals surface area (Å²) < 4.78 is 26.7. The Morgan fingerprint density at radius 1 is 1.00 bits per heavy atom. The molecular weight excluding hydrogens is 234 g/mol. The highest BCUT2D eigenvalue weighted by Crippen LogP contribution is 2.72. The molecule has 0 unspecified atom stereocenters. The van der Waals surface area contributed by atoms with Crippen LogP contribution < -0.4 is 0 Å². The first kappa shape index (κ1) is 12.3. The molecule has 1 saturated heterocycles. The summed E-state index contributed by atoms with van der Waals surface area (Å²) in [6.45, 7) is -0.0454. The summed E-state index contributed by atoms with van der Waals surface area (Å²) in [5.41, 5.74) is 0.